The highest BCUT2D eigenvalue weighted by Crippen LogP contribution is 2.29. The fraction of sp³-hybridized carbons (Fsp3) is 0.625. The predicted octanol–water partition coefficient (Wildman–Crippen LogP) is 2.95. The molecule has 1 aromatic carbocycles. The minimum Gasteiger partial charge on any atom is -0.394 e. The summed E-state index contributed by atoms with van der Waals surface area (Å²) in [5.41, 5.74) is 0.906. The van der Waals surface area contributed by atoms with Crippen molar-refractivity contribution in [2.45, 2.75) is 64.7 Å². The van der Waals surface area contributed by atoms with Gasteiger partial charge in [-0.25, -0.2) is 4.68 Å². The number of alkyl halides is 3. The lowest BCUT2D eigenvalue weighted by Gasteiger charge is -2.35. The average Bonchev–Trinajstić information content (AvgIpc) is 3.25. The summed E-state index contributed by atoms with van der Waals surface area (Å²) in [6.07, 6.45) is -2.04. The minimum absolute atomic E-state index is 0.0301. The molecule has 0 aliphatic carbocycles. The van der Waals surface area contributed by atoms with E-state index in [9.17, 15) is 23.1 Å². The van der Waals surface area contributed by atoms with Crippen LogP contribution in [0.15, 0.2) is 30.5 Å². The molecule has 194 valence electrons. The van der Waals surface area contributed by atoms with Gasteiger partial charge in [0.15, 0.2) is 0 Å². The summed E-state index contributed by atoms with van der Waals surface area (Å²) in [6, 6.07) is 4.83. The molecular formula is C24H34F3N5O3. The molecule has 1 aliphatic rings. The first-order chi connectivity index (χ1) is 16.6. The molecule has 1 amide bonds. The Bertz CT molecular complexity index is 951. The molecule has 2 heterocycles. The molecular weight excluding hydrogens is 463 g/mol. The zero-order valence-corrected chi connectivity index (χ0v) is 20.4. The molecule has 2 aromatic rings. The number of aromatic nitrogens is 3. The molecule has 0 bridgehead atoms. The number of amides is 1. The number of rotatable bonds is 6. The van der Waals surface area contributed by atoms with Gasteiger partial charge in [-0.3, -0.25) is 9.69 Å². The Labute approximate surface area is 203 Å². The number of carbonyl (C=O) groups is 1. The first kappa shape index (κ1) is 27.1. The molecule has 1 aliphatic heterocycles. The SMILES string of the molecule is C[C@H](CO)N1C[C@H](C)[C@H](CN(C)Cc2ccc(C(F)(F)F)cc2)OCc2cnnn2CCCC1=O. The van der Waals surface area contributed by atoms with Crippen LogP contribution >= 0.6 is 0 Å². The number of carbonyl (C=O) groups excluding carboxylic acids is 1. The van der Waals surface area contributed by atoms with Crippen molar-refractivity contribution in [3.63, 3.8) is 0 Å². The number of nitrogens with zero attached hydrogens (tertiary/aromatic N) is 5. The van der Waals surface area contributed by atoms with E-state index in [0.717, 1.165) is 23.4 Å². The highest BCUT2D eigenvalue weighted by molar-refractivity contribution is 5.76. The second kappa shape index (κ2) is 12.0. The van der Waals surface area contributed by atoms with Crippen LogP contribution in [0, 0.1) is 5.92 Å². The van der Waals surface area contributed by atoms with Gasteiger partial charge in [-0.1, -0.05) is 24.3 Å². The van der Waals surface area contributed by atoms with E-state index < -0.39 is 11.7 Å². The molecule has 0 spiro atoms. The number of likely N-dealkylation sites (N-methyl/N-ethyl adjacent to an activating group) is 1. The zero-order valence-electron chi connectivity index (χ0n) is 20.4. The maximum absolute atomic E-state index is 12.9. The molecule has 8 nitrogen and oxygen atoms in total. The molecule has 3 rings (SSSR count). The fourth-order valence-electron chi connectivity index (χ4n) is 4.23. The Morgan fingerprint density at radius 2 is 2.00 bits per heavy atom. The maximum Gasteiger partial charge on any atom is 0.416 e. The Balaban J connectivity index is 1.75. The van der Waals surface area contributed by atoms with Crippen molar-refractivity contribution in [1.82, 2.24) is 24.8 Å². The highest BCUT2D eigenvalue weighted by atomic mass is 19.4. The molecule has 1 N–H and O–H groups in total. The van der Waals surface area contributed by atoms with Gasteiger partial charge in [-0.15, -0.1) is 5.10 Å². The van der Waals surface area contributed by atoms with Crippen molar-refractivity contribution in [2.24, 2.45) is 5.92 Å². The van der Waals surface area contributed by atoms with Gasteiger partial charge in [-0.2, -0.15) is 13.2 Å². The summed E-state index contributed by atoms with van der Waals surface area (Å²) >= 11 is 0. The van der Waals surface area contributed by atoms with E-state index in [4.69, 9.17) is 4.74 Å². The molecule has 1 aromatic heterocycles. The second-order valence-electron chi connectivity index (χ2n) is 9.35. The maximum atomic E-state index is 12.9. The zero-order chi connectivity index (χ0) is 25.6. The number of aliphatic hydroxyl groups excluding tert-OH is 1. The molecule has 35 heavy (non-hydrogen) atoms. The van der Waals surface area contributed by atoms with Crippen LogP contribution in [0.1, 0.15) is 43.5 Å². The third kappa shape index (κ3) is 7.49. The number of halogens is 3. The average molecular weight is 498 g/mol. The van der Waals surface area contributed by atoms with Crippen LogP contribution in [0.2, 0.25) is 0 Å². The summed E-state index contributed by atoms with van der Waals surface area (Å²) in [5, 5.41) is 17.8. The predicted molar refractivity (Wildman–Crippen MR) is 123 cm³/mol. The van der Waals surface area contributed by atoms with E-state index in [1.54, 1.807) is 15.8 Å². The van der Waals surface area contributed by atoms with Gasteiger partial charge in [0.1, 0.15) is 0 Å². The van der Waals surface area contributed by atoms with E-state index in [0.29, 0.717) is 45.6 Å². The molecule has 11 heteroatoms. The largest absolute Gasteiger partial charge is 0.416 e. The van der Waals surface area contributed by atoms with Crippen molar-refractivity contribution in [3.05, 3.63) is 47.3 Å². The lowest BCUT2D eigenvalue weighted by atomic mass is 10.0. The molecule has 0 fully saturated rings. The van der Waals surface area contributed by atoms with Gasteiger partial charge in [0, 0.05) is 38.5 Å². The number of hydrogen-bond acceptors (Lipinski definition) is 6. The third-order valence-electron chi connectivity index (χ3n) is 6.37. The number of hydrogen-bond donors (Lipinski definition) is 1. The number of aryl methyl sites for hydroxylation is 1. The minimum atomic E-state index is -4.36. The smallest absolute Gasteiger partial charge is 0.394 e. The summed E-state index contributed by atoms with van der Waals surface area (Å²) in [5.74, 6) is -0.0933. The monoisotopic (exact) mass is 497 g/mol. The van der Waals surface area contributed by atoms with E-state index in [-0.39, 0.29) is 30.6 Å². The summed E-state index contributed by atoms with van der Waals surface area (Å²) < 4.78 is 46.6. The van der Waals surface area contributed by atoms with Crippen LogP contribution in [0.25, 0.3) is 0 Å². The van der Waals surface area contributed by atoms with Crippen molar-refractivity contribution in [3.8, 4) is 0 Å². The number of aliphatic hydroxyl groups is 1. The van der Waals surface area contributed by atoms with Crippen LogP contribution in [-0.2, 0) is 35.4 Å². The Hall–Kier alpha value is -2.50. The normalized spacial score (nSPS) is 21.4. The third-order valence-corrected chi connectivity index (χ3v) is 6.37. The van der Waals surface area contributed by atoms with Crippen molar-refractivity contribution in [2.75, 3.05) is 26.7 Å². The van der Waals surface area contributed by atoms with Crippen molar-refractivity contribution in [1.29, 1.82) is 0 Å². The number of fused-ring (bicyclic) bond motifs is 1. The summed E-state index contributed by atoms with van der Waals surface area (Å²) in [4.78, 5) is 16.6. The van der Waals surface area contributed by atoms with Crippen LogP contribution < -0.4 is 0 Å². The molecule has 0 radical (unpaired) electrons. The van der Waals surface area contributed by atoms with E-state index in [2.05, 4.69) is 10.3 Å². The standard InChI is InChI=1S/C24H34F3N5O3/c1-17-12-31(18(2)15-33)23(34)5-4-10-32-21(11-28-29-32)16-35-22(17)14-30(3)13-19-6-8-20(9-7-19)24(25,26)27/h6-9,11,17-18,22,33H,4-5,10,12-16H2,1-3H3/t17-,18+,22-/m0/s1. The van der Waals surface area contributed by atoms with Crippen LogP contribution in [-0.4, -0.2) is 74.7 Å². The first-order valence-electron chi connectivity index (χ1n) is 11.8. The topological polar surface area (TPSA) is 83.7 Å². The summed E-state index contributed by atoms with van der Waals surface area (Å²) in [7, 11) is 1.88. The van der Waals surface area contributed by atoms with Crippen LogP contribution in [0.3, 0.4) is 0 Å². The fourth-order valence-corrected chi connectivity index (χ4v) is 4.23. The molecule has 0 unspecified atom stereocenters. The van der Waals surface area contributed by atoms with Gasteiger partial charge in [0.2, 0.25) is 5.91 Å². The Kier molecular flexibility index (Phi) is 9.26. The van der Waals surface area contributed by atoms with Gasteiger partial charge in [0.25, 0.3) is 0 Å². The van der Waals surface area contributed by atoms with Crippen molar-refractivity contribution < 1.29 is 27.8 Å². The lowest BCUT2D eigenvalue weighted by Crippen LogP contribution is -2.47. The quantitative estimate of drug-likeness (QED) is 0.661. The number of ether oxygens (including phenoxy) is 1. The van der Waals surface area contributed by atoms with E-state index >= 15 is 0 Å². The van der Waals surface area contributed by atoms with Crippen LogP contribution in [0.4, 0.5) is 13.2 Å². The molecule has 0 saturated carbocycles. The van der Waals surface area contributed by atoms with Crippen molar-refractivity contribution >= 4 is 5.91 Å². The van der Waals surface area contributed by atoms with E-state index in [1.165, 1.54) is 12.1 Å². The first-order valence-corrected chi connectivity index (χ1v) is 11.8. The summed E-state index contributed by atoms with van der Waals surface area (Å²) in [6.45, 7) is 5.90. The highest BCUT2D eigenvalue weighted by Gasteiger charge is 2.30. The molecule has 0 saturated heterocycles. The van der Waals surface area contributed by atoms with Gasteiger partial charge < -0.3 is 14.7 Å². The van der Waals surface area contributed by atoms with Gasteiger partial charge in [0.05, 0.1) is 42.8 Å². The molecule has 3 atom stereocenters. The van der Waals surface area contributed by atoms with E-state index in [1.807, 2.05) is 25.8 Å². The van der Waals surface area contributed by atoms with Crippen LogP contribution in [0.5, 0.6) is 0 Å². The van der Waals surface area contributed by atoms with Gasteiger partial charge in [-0.05, 0) is 38.1 Å². The Morgan fingerprint density at radius 1 is 1.29 bits per heavy atom. The number of benzene rings is 1. The second-order valence-corrected chi connectivity index (χ2v) is 9.35. The lowest BCUT2D eigenvalue weighted by molar-refractivity contribution is -0.138. The Morgan fingerprint density at radius 3 is 2.66 bits per heavy atom. The van der Waals surface area contributed by atoms with Gasteiger partial charge >= 0.3 is 6.18 Å².